The highest BCUT2D eigenvalue weighted by atomic mass is 19.1. The Hall–Kier alpha value is -3.35. The van der Waals surface area contributed by atoms with Gasteiger partial charge in [-0.3, -0.25) is 4.68 Å². The second-order valence-electron chi connectivity index (χ2n) is 7.10. The standard InChI is InChI=1S/C23H28FN5O/c1-3-29(21-8-5-4-6-9-21)15-7-14-25-23(30)27-22(19-16-26-28(2)17-19)18-10-12-20(24)13-11-18/h4-6,8-13,16-17,22H,3,7,14-15H2,1-2H3,(H2,25,27,30). The third kappa shape index (κ3) is 5.83. The Kier molecular flexibility index (Phi) is 7.43. The van der Waals surface area contributed by atoms with E-state index >= 15 is 0 Å². The molecule has 0 aliphatic rings. The van der Waals surface area contributed by atoms with Crippen molar-refractivity contribution in [1.29, 1.82) is 0 Å². The van der Waals surface area contributed by atoms with Crippen LogP contribution in [0.4, 0.5) is 14.9 Å². The molecule has 2 N–H and O–H groups in total. The molecule has 1 unspecified atom stereocenters. The lowest BCUT2D eigenvalue weighted by Crippen LogP contribution is -2.39. The van der Waals surface area contributed by atoms with Gasteiger partial charge in [0.05, 0.1) is 12.2 Å². The highest BCUT2D eigenvalue weighted by Gasteiger charge is 2.18. The summed E-state index contributed by atoms with van der Waals surface area (Å²) in [6.07, 6.45) is 4.37. The molecule has 0 aliphatic carbocycles. The second kappa shape index (κ2) is 10.4. The molecule has 0 aliphatic heterocycles. The van der Waals surface area contributed by atoms with Crippen molar-refractivity contribution in [2.75, 3.05) is 24.5 Å². The minimum absolute atomic E-state index is 0.268. The first kappa shape index (κ1) is 21.4. The van der Waals surface area contributed by atoms with Crippen molar-refractivity contribution in [2.24, 2.45) is 7.05 Å². The number of urea groups is 1. The van der Waals surface area contributed by atoms with Crippen LogP contribution in [-0.4, -0.2) is 35.4 Å². The first-order valence-corrected chi connectivity index (χ1v) is 10.1. The van der Waals surface area contributed by atoms with Crippen molar-refractivity contribution in [1.82, 2.24) is 20.4 Å². The number of nitrogens with one attached hydrogen (secondary N) is 2. The van der Waals surface area contributed by atoms with Gasteiger partial charge in [-0.15, -0.1) is 0 Å². The van der Waals surface area contributed by atoms with E-state index in [1.165, 1.54) is 17.8 Å². The molecule has 6 nitrogen and oxygen atoms in total. The lowest BCUT2D eigenvalue weighted by Gasteiger charge is -2.23. The molecule has 0 fully saturated rings. The maximum Gasteiger partial charge on any atom is 0.315 e. The Morgan fingerprint density at radius 2 is 1.87 bits per heavy atom. The summed E-state index contributed by atoms with van der Waals surface area (Å²) in [6, 6.07) is 15.7. The lowest BCUT2D eigenvalue weighted by molar-refractivity contribution is 0.238. The lowest BCUT2D eigenvalue weighted by atomic mass is 10.0. The van der Waals surface area contributed by atoms with E-state index in [4.69, 9.17) is 0 Å². The number of amides is 2. The van der Waals surface area contributed by atoms with Crippen LogP contribution in [-0.2, 0) is 7.05 Å². The first-order chi connectivity index (χ1) is 14.6. The van der Waals surface area contributed by atoms with E-state index in [-0.39, 0.29) is 11.8 Å². The summed E-state index contributed by atoms with van der Waals surface area (Å²) in [5.74, 6) is -0.313. The summed E-state index contributed by atoms with van der Waals surface area (Å²) in [5.41, 5.74) is 2.80. The first-order valence-electron chi connectivity index (χ1n) is 10.1. The number of nitrogens with zero attached hydrogens (tertiary/aromatic N) is 3. The minimum atomic E-state index is -0.407. The fourth-order valence-corrected chi connectivity index (χ4v) is 3.37. The van der Waals surface area contributed by atoms with Gasteiger partial charge in [-0.2, -0.15) is 5.10 Å². The summed E-state index contributed by atoms with van der Waals surface area (Å²) in [5, 5.41) is 10.1. The van der Waals surface area contributed by atoms with Crippen LogP contribution in [0.3, 0.4) is 0 Å². The maximum atomic E-state index is 13.3. The summed E-state index contributed by atoms with van der Waals surface area (Å²) >= 11 is 0. The number of halogens is 1. The Morgan fingerprint density at radius 1 is 1.13 bits per heavy atom. The molecule has 1 atom stereocenters. The third-order valence-corrected chi connectivity index (χ3v) is 4.93. The number of anilines is 1. The van der Waals surface area contributed by atoms with E-state index in [0.717, 1.165) is 30.6 Å². The van der Waals surface area contributed by atoms with Crippen LogP contribution in [0.1, 0.15) is 30.5 Å². The predicted molar refractivity (Wildman–Crippen MR) is 117 cm³/mol. The number of aromatic nitrogens is 2. The molecule has 158 valence electrons. The minimum Gasteiger partial charge on any atom is -0.372 e. The largest absolute Gasteiger partial charge is 0.372 e. The normalized spacial score (nSPS) is 11.7. The summed E-state index contributed by atoms with van der Waals surface area (Å²) in [7, 11) is 1.82. The number of para-hydroxylation sites is 1. The Bertz CT molecular complexity index is 926. The Morgan fingerprint density at radius 3 is 2.50 bits per heavy atom. The number of rotatable bonds is 9. The molecule has 2 amide bonds. The molecule has 1 heterocycles. The van der Waals surface area contributed by atoms with Gasteiger partial charge in [0.25, 0.3) is 0 Å². The van der Waals surface area contributed by atoms with Gasteiger partial charge < -0.3 is 15.5 Å². The zero-order valence-corrected chi connectivity index (χ0v) is 17.4. The SMILES string of the molecule is CCN(CCCNC(=O)NC(c1ccc(F)cc1)c1cnn(C)c1)c1ccccc1. The van der Waals surface area contributed by atoms with Gasteiger partial charge in [-0.25, -0.2) is 9.18 Å². The van der Waals surface area contributed by atoms with Crippen LogP contribution >= 0.6 is 0 Å². The van der Waals surface area contributed by atoms with E-state index in [1.807, 2.05) is 31.4 Å². The maximum absolute atomic E-state index is 13.3. The fraction of sp³-hybridized carbons (Fsp3) is 0.304. The fourth-order valence-electron chi connectivity index (χ4n) is 3.37. The molecule has 3 rings (SSSR count). The van der Waals surface area contributed by atoms with Gasteiger partial charge in [-0.1, -0.05) is 30.3 Å². The molecule has 3 aromatic rings. The number of carbonyl (C=O) groups is 1. The number of hydrogen-bond donors (Lipinski definition) is 2. The topological polar surface area (TPSA) is 62.2 Å². The molecule has 0 spiro atoms. The molecular weight excluding hydrogens is 381 g/mol. The summed E-state index contributed by atoms with van der Waals surface area (Å²) in [6.45, 7) is 4.43. The van der Waals surface area contributed by atoms with Crippen molar-refractivity contribution < 1.29 is 9.18 Å². The third-order valence-electron chi connectivity index (χ3n) is 4.93. The summed E-state index contributed by atoms with van der Waals surface area (Å²) in [4.78, 5) is 14.8. The van der Waals surface area contributed by atoms with E-state index < -0.39 is 6.04 Å². The van der Waals surface area contributed by atoms with Crippen molar-refractivity contribution in [2.45, 2.75) is 19.4 Å². The van der Waals surface area contributed by atoms with Gasteiger partial charge in [0.1, 0.15) is 5.82 Å². The number of benzene rings is 2. The molecule has 0 saturated carbocycles. The van der Waals surface area contributed by atoms with Crippen LogP contribution in [0.5, 0.6) is 0 Å². The monoisotopic (exact) mass is 409 g/mol. The Labute approximate surface area is 176 Å². The molecule has 1 aromatic heterocycles. The van der Waals surface area contributed by atoms with E-state index in [2.05, 4.69) is 39.7 Å². The molecule has 0 saturated heterocycles. The molecule has 30 heavy (non-hydrogen) atoms. The molecule has 2 aromatic carbocycles. The van der Waals surface area contributed by atoms with Crippen molar-refractivity contribution in [3.63, 3.8) is 0 Å². The van der Waals surface area contributed by atoms with Crippen molar-refractivity contribution >= 4 is 11.7 Å². The van der Waals surface area contributed by atoms with Gasteiger partial charge in [0.15, 0.2) is 0 Å². The van der Waals surface area contributed by atoms with Gasteiger partial charge in [-0.05, 0) is 43.2 Å². The molecule has 0 bridgehead atoms. The van der Waals surface area contributed by atoms with Crippen LogP contribution in [0.25, 0.3) is 0 Å². The van der Waals surface area contributed by atoms with Gasteiger partial charge in [0.2, 0.25) is 0 Å². The quantitative estimate of drug-likeness (QED) is 0.528. The second-order valence-corrected chi connectivity index (χ2v) is 7.10. The smallest absolute Gasteiger partial charge is 0.315 e. The van der Waals surface area contributed by atoms with Crippen LogP contribution in [0.2, 0.25) is 0 Å². The van der Waals surface area contributed by atoms with Crippen LogP contribution in [0.15, 0.2) is 67.0 Å². The van der Waals surface area contributed by atoms with E-state index in [9.17, 15) is 9.18 Å². The van der Waals surface area contributed by atoms with Gasteiger partial charge >= 0.3 is 6.03 Å². The van der Waals surface area contributed by atoms with Crippen molar-refractivity contribution in [3.8, 4) is 0 Å². The average Bonchev–Trinajstić information content (AvgIpc) is 3.19. The van der Waals surface area contributed by atoms with Gasteiger partial charge in [0, 0.05) is 44.1 Å². The zero-order valence-electron chi connectivity index (χ0n) is 17.4. The van der Waals surface area contributed by atoms with E-state index in [1.54, 1.807) is 23.0 Å². The number of aryl methyl sites for hydroxylation is 1. The summed E-state index contributed by atoms with van der Waals surface area (Å²) < 4.78 is 15.0. The zero-order chi connectivity index (χ0) is 21.3. The highest BCUT2D eigenvalue weighted by molar-refractivity contribution is 5.75. The highest BCUT2D eigenvalue weighted by Crippen LogP contribution is 2.22. The molecule has 7 heteroatoms. The predicted octanol–water partition coefficient (Wildman–Crippen LogP) is 3.86. The van der Waals surface area contributed by atoms with E-state index in [0.29, 0.717) is 6.54 Å². The number of hydrogen-bond acceptors (Lipinski definition) is 3. The Balaban J connectivity index is 1.55. The number of carbonyl (C=O) groups excluding carboxylic acids is 1. The van der Waals surface area contributed by atoms with Crippen molar-refractivity contribution in [3.05, 3.63) is 83.9 Å². The molecule has 0 radical (unpaired) electrons. The van der Waals surface area contributed by atoms with Crippen LogP contribution < -0.4 is 15.5 Å². The van der Waals surface area contributed by atoms with Crippen LogP contribution in [0, 0.1) is 5.82 Å². The average molecular weight is 410 g/mol. The molecular formula is C23H28FN5O.